The van der Waals surface area contributed by atoms with Crippen molar-refractivity contribution in [2.45, 2.75) is 32.1 Å². The van der Waals surface area contributed by atoms with Gasteiger partial charge in [0.25, 0.3) is 0 Å². The highest BCUT2D eigenvalue weighted by molar-refractivity contribution is 5.80. The summed E-state index contributed by atoms with van der Waals surface area (Å²) in [6, 6.07) is 0. The first-order valence-corrected chi connectivity index (χ1v) is 4.76. The van der Waals surface area contributed by atoms with Gasteiger partial charge in [0.1, 0.15) is 6.54 Å². The number of amides is 1. The molecule has 82 valence electrons. The lowest BCUT2D eigenvalue weighted by Crippen LogP contribution is -2.28. The number of aliphatic hydroxyl groups excluding tert-OH is 1. The molecule has 0 spiro atoms. The maximum atomic E-state index is 11.0. The maximum Gasteiger partial charge on any atom is 0.322 e. The van der Waals surface area contributed by atoms with E-state index in [0.717, 1.165) is 25.7 Å². The van der Waals surface area contributed by atoms with Gasteiger partial charge in [-0.15, -0.1) is 0 Å². The second-order valence-electron chi connectivity index (χ2n) is 3.06. The van der Waals surface area contributed by atoms with Crippen LogP contribution in [0.5, 0.6) is 0 Å². The Morgan fingerprint density at radius 2 is 1.71 bits per heavy atom. The van der Waals surface area contributed by atoms with Crippen LogP contribution in [-0.4, -0.2) is 35.2 Å². The average molecular weight is 203 g/mol. The fourth-order valence-electron chi connectivity index (χ4n) is 1.01. The summed E-state index contributed by atoms with van der Waals surface area (Å²) in [5.74, 6) is -1.25. The van der Waals surface area contributed by atoms with E-state index in [1.54, 1.807) is 0 Å². The summed E-state index contributed by atoms with van der Waals surface area (Å²) in [5, 5.41) is 19.0. The minimum Gasteiger partial charge on any atom is -0.480 e. The smallest absolute Gasteiger partial charge is 0.322 e. The van der Waals surface area contributed by atoms with Gasteiger partial charge in [-0.3, -0.25) is 9.59 Å². The van der Waals surface area contributed by atoms with Crippen molar-refractivity contribution in [3.05, 3.63) is 0 Å². The third-order valence-electron chi connectivity index (χ3n) is 1.75. The van der Waals surface area contributed by atoms with Crippen LogP contribution in [0.1, 0.15) is 32.1 Å². The molecule has 0 aromatic rings. The molecule has 0 heterocycles. The van der Waals surface area contributed by atoms with Gasteiger partial charge in [-0.1, -0.05) is 12.8 Å². The molecule has 5 nitrogen and oxygen atoms in total. The lowest BCUT2D eigenvalue weighted by atomic mass is 10.1. The van der Waals surface area contributed by atoms with Gasteiger partial charge in [0, 0.05) is 13.0 Å². The Morgan fingerprint density at radius 3 is 2.29 bits per heavy atom. The van der Waals surface area contributed by atoms with E-state index in [4.69, 9.17) is 10.2 Å². The topological polar surface area (TPSA) is 86.6 Å². The van der Waals surface area contributed by atoms with Gasteiger partial charge in [0.15, 0.2) is 0 Å². The van der Waals surface area contributed by atoms with E-state index in [1.807, 2.05) is 0 Å². The normalized spacial score (nSPS) is 9.79. The molecule has 0 saturated heterocycles. The number of carbonyl (C=O) groups excluding carboxylic acids is 1. The summed E-state index contributed by atoms with van der Waals surface area (Å²) in [4.78, 5) is 21.0. The van der Waals surface area contributed by atoms with Gasteiger partial charge in [0.2, 0.25) is 5.91 Å². The molecule has 0 atom stereocenters. The van der Waals surface area contributed by atoms with Crippen molar-refractivity contribution in [1.82, 2.24) is 5.32 Å². The molecule has 0 radical (unpaired) electrons. The summed E-state index contributed by atoms with van der Waals surface area (Å²) >= 11 is 0. The number of hydrogen-bond acceptors (Lipinski definition) is 3. The van der Waals surface area contributed by atoms with Crippen molar-refractivity contribution in [3.8, 4) is 0 Å². The van der Waals surface area contributed by atoms with Crippen LogP contribution < -0.4 is 5.32 Å². The Kier molecular flexibility index (Phi) is 7.83. The molecule has 5 heteroatoms. The van der Waals surface area contributed by atoms with Crippen molar-refractivity contribution < 1.29 is 19.8 Å². The summed E-state index contributed by atoms with van der Waals surface area (Å²) in [7, 11) is 0. The zero-order valence-corrected chi connectivity index (χ0v) is 8.16. The third-order valence-corrected chi connectivity index (χ3v) is 1.75. The predicted molar refractivity (Wildman–Crippen MR) is 50.8 cm³/mol. The second kappa shape index (κ2) is 8.50. The van der Waals surface area contributed by atoms with E-state index in [9.17, 15) is 9.59 Å². The number of nitrogens with one attached hydrogen (secondary N) is 1. The van der Waals surface area contributed by atoms with Crippen molar-refractivity contribution >= 4 is 11.9 Å². The van der Waals surface area contributed by atoms with Crippen LogP contribution in [0, 0.1) is 0 Å². The van der Waals surface area contributed by atoms with Gasteiger partial charge in [-0.05, 0) is 12.8 Å². The highest BCUT2D eigenvalue weighted by Gasteiger charge is 2.02. The third kappa shape index (κ3) is 8.99. The predicted octanol–water partition coefficient (Wildman–Crippen LogP) is 0.130. The van der Waals surface area contributed by atoms with Gasteiger partial charge < -0.3 is 15.5 Å². The minimum atomic E-state index is -1.03. The van der Waals surface area contributed by atoms with E-state index in [2.05, 4.69) is 5.32 Å². The number of carbonyl (C=O) groups is 2. The van der Waals surface area contributed by atoms with E-state index in [1.165, 1.54) is 0 Å². The zero-order chi connectivity index (χ0) is 10.8. The minimum absolute atomic E-state index is 0.186. The van der Waals surface area contributed by atoms with E-state index >= 15 is 0 Å². The number of hydrogen-bond donors (Lipinski definition) is 3. The fourth-order valence-corrected chi connectivity index (χ4v) is 1.01. The van der Waals surface area contributed by atoms with Crippen molar-refractivity contribution in [1.29, 1.82) is 0 Å². The molecule has 0 aliphatic carbocycles. The van der Waals surface area contributed by atoms with Crippen molar-refractivity contribution in [2.75, 3.05) is 13.2 Å². The number of carboxylic acids is 1. The van der Waals surface area contributed by atoms with Gasteiger partial charge >= 0.3 is 5.97 Å². The highest BCUT2D eigenvalue weighted by atomic mass is 16.4. The van der Waals surface area contributed by atoms with Crippen LogP contribution in [0.2, 0.25) is 0 Å². The molecule has 14 heavy (non-hydrogen) atoms. The number of aliphatic hydroxyl groups is 1. The first kappa shape index (κ1) is 12.9. The summed E-state index contributed by atoms with van der Waals surface area (Å²) in [5.41, 5.74) is 0. The largest absolute Gasteiger partial charge is 0.480 e. The first-order valence-electron chi connectivity index (χ1n) is 4.76. The number of carboxylic acid groups (broad SMARTS) is 1. The van der Waals surface area contributed by atoms with Crippen molar-refractivity contribution in [2.24, 2.45) is 0 Å². The summed E-state index contributed by atoms with van der Waals surface area (Å²) < 4.78 is 0. The molecule has 0 aromatic carbocycles. The number of unbranched alkanes of at least 4 members (excludes halogenated alkanes) is 3. The van der Waals surface area contributed by atoms with E-state index in [-0.39, 0.29) is 19.1 Å². The van der Waals surface area contributed by atoms with E-state index < -0.39 is 5.97 Å². The van der Waals surface area contributed by atoms with Crippen LogP contribution in [-0.2, 0) is 9.59 Å². The summed E-state index contributed by atoms with van der Waals surface area (Å²) in [6.07, 6.45) is 3.66. The summed E-state index contributed by atoms with van der Waals surface area (Å²) in [6.45, 7) is -0.124. The Morgan fingerprint density at radius 1 is 1.07 bits per heavy atom. The molecule has 0 bridgehead atoms. The van der Waals surface area contributed by atoms with Gasteiger partial charge in [-0.2, -0.15) is 0 Å². The van der Waals surface area contributed by atoms with E-state index in [0.29, 0.717) is 6.42 Å². The van der Waals surface area contributed by atoms with Crippen LogP contribution in [0.4, 0.5) is 0 Å². The lowest BCUT2D eigenvalue weighted by Gasteiger charge is -2.01. The molecule has 0 unspecified atom stereocenters. The molecule has 0 rings (SSSR count). The maximum absolute atomic E-state index is 11.0. The van der Waals surface area contributed by atoms with Crippen LogP contribution >= 0.6 is 0 Å². The number of aliphatic carboxylic acids is 1. The SMILES string of the molecule is O=C(O)CNC(=O)CCCCCCO. The molecule has 1 amide bonds. The fraction of sp³-hybridized carbons (Fsp3) is 0.778. The van der Waals surface area contributed by atoms with Gasteiger partial charge in [-0.25, -0.2) is 0 Å². The van der Waals surface area contributed by atoms with Gasteiger partial charge in [0.05, 0.1) is 0 Å². The molecule has 0 fully saturated rings. The number of rotatable bonds is 8. The molecule has 0 aliphatic heterocycles. The van der Waals surface area contributed by atoms with Crippen LogP contribution in [0.3, 0.4) is 0 Å². The molecular weight excluding hydrogens is 186 g/mol. The Labute approximate surface area is 83.1 Å². The van der Waals surface area contributed by atoms with Crippen molar-refractivity contribution in [3.63, 3.8) is 0 Å². The molecule has 0 aromatic heterocycles. The highest BCUT2D eigenvalue weighted by Crippen LogP contribution is 2.01. The average Bonchev–Trinajstić information content (AvgIpc) is 2.14. The Hall–Kier alpha value is -1.10. The quantitative estimate of drug-likeness (QED) is 0.489. The standard InChI is InChI=1S/C9H17NO4/c11-6-4-2-1-3-5-8(12)10-7-9(13)14/h11H,1-7H2,(H,10,12)(H,13,14). The molecular formula is C9H17NO4. The lowest BCUT2D eigenvalue weighted by molar-refractivity contribution is -0.137. The zero-order valence-electron chi connectivity index (χ0n) is 8.16. The first-order chi connectivity index (χ1) is 6.66. The second-order valence-corrected chi connectivity index (χ2v) is 3.06. The molecule has 0 saturated carbocycles. The molecule has 0 aliphatic rings. The molecule has 3 N–H and O–H groups in total. The van der Waals surface area contributed by atoms with Crippen LogP contribution in [0.15, 0.2) is 0 Å². The Bertz CT molecular complexity index is 182. The monoisotopic (exact) mass is 203 g/mol. The Balaban J connectivity index is 3.22. The van der Waals surface area contributed by atoms with Crippen LogP contribution in [0.25, 0.3) is 0 Å².